The van der Waals surface area contributed by atoms with Crippen LogP contribution in [0.25, 0.3) is 0 Å². The average molecular weight is 335 g/mol. The summed E-state index contributed by atoms with van der Waals surface area (Å²) in [6.07, 6.45) is 18.9. The van der Waals surface area contributed by atoms with Gasteiger partial charge in [-0.15, -0.1) is 6.58 Å². The molecule has 2 unspecified atom stereocenters. The molecule has 25 heavy (non-hydrogen) atoms. The van der Waals surface area contributed by atoms with E-state index in [0.717, 1.165) is 18.3 Å². The lowest BCUT2D eigenvalue weighted by atomic mass is 9.77. The molecule has 0 heterocycles. The fraction of sp³-hybridized carbons (Fsp3) is 0.520. The van der Waals surface area contributed by atoms with Gasteiger partial charge in [-0.25, -0.2) is 0 Å². The standard InChI is InChI=1S/C20H24.C5H10/c1-3-17-11-9-15(13-19(17)5-1)7-8-16-10-12-18-4-2-6-20(18)14-16;1-4-5(2)3/h1,3,5,10,12,14-15,19H,2,4,6-9,11,13H2;2,4H2,1,3H3. The molecule has 0 aromatic heterocycles. The summed E-state index contributed by atoms with van der Waals surface area (Å²) in [5.41, 5.74) is 7.77. The normalized spacial score (nSPS) is 23.4. The lowest BCUT2D eigenvalue weighted by Gasteiger charge is -2.28. The highest BCUT2D eigenvalue weighted by Gasteiger charge is 2.25. The highest BCUT2D eigenvalue weighted by atomic mass is 14.3. The van der Waals surface area contributed by atoms with Gasteiger partial charge in [-0.1, -0.05) is 54.5 Å². The summed E-state index contributed by atoms with van der Waals surface area (Å²) in [5.74, 6) is 1.72. The molecule has 134 valence electrons. The van der Waals surface area contributed by atoms with E-state index in [4.69, 9.17) is 0 Å². The number of aryl methyl sites for hydroxylation is 3. The van der Waals surface area contributed by atoms with Crippen LogP contribution >= 0.6 is 0 Å². The Morgan fingerprint density at radius 3 is 2.76 bits per heavy atom. The van der Waals surface area contributed by atoms with Crippen molar-refractivity contribution in [3.8, 4) is 0 Å². The molecule has 3 aliphatic rings. The van der Waals surface area contributed by atoms with Gasteiger partial charge in [0.25, 0.3) is 0 Å². The first kappa shape index (κ1) is 18.2. The van der Waals surface area contributed by atoms with Gasteiger partial charge in [0.2, 0.25) is 0 Å². The van der Waals surface area contributed by atoms with Crippen molar-refractivity contribution in [3.05, 3.63) is 70.8 Å². The molecule has 0 amide bonds. The van der Waals surface area contributed by atoms with Gasteiger partial charge in [0.05, 0.1) is 0 Å². The average Bonchev–Trinajstić information content (AvgIpc) is 3.28. The van der Waals surface area contributed by atoms with Crippen LogP contribution < -0.4 is 0 Å². The van der Waals surface area contributed by atoms with Gasteiger partial charge in [0.1, 0.15) is 0 Å². The van der Waals surface area contributed by atoms with Crippen molar-refractivity contribution in [1.82, 2.24) is 0 Å². The maximum atomic E-state index is 3.67. The highest BCUT2D eigenvalue weighted by molar-refractivity contribution is 5.35. The molecule has 0 spiro atoms. The van der Waals surface area contributed by atoms with Crippen LogP contribution in [-0.4, -0.2) is 0 Å². The maximum absolute atomic E-state index is 3.67. The predicted molar refractivity (Wildman–Crippen MR) is 110 cm³/mol. The first-order chi connectivity index (χ1) is 12.2. The van der Waals surface area contributed by atoms with E-state index in [9.17, 15) is 0 Å². The molecule has 0 nitrogen and oxygen atoms in total. The van der Waals surface area contributed by atoms with E-state index in [1.54, 1.807) is 22.3 Å². The molecule has 0 aliphatic heterocycles. The smallest absolute Gasteiger partial charge is 0.00144 e. The van der Waals surface area contributed by atoms with Crippen molar-refractivity contribution in [2.45, 2.75) is 71.6 Å². The third-order valence-electron chi connectivity index (χ3n) is 6.17. The third-order valence-corrected chi connectivity index (χ3v) is 6.17. The first-order valence-electron chi connectivity index (χ1n) is 10.3. The molecule has 2 atom stereocenters. The Balaban J connectivity index is 0.000000324. The lowest BCUT2D eigenvalue weighted by Crippen LogP contribution is -2.15. The van der Waals surface area contributed by atoms with E-state index < -0.39 is 0 Å². The minimum atomic E-state index is 0.786. The molecule has 0 bridgehead atoms. The Morgan fingerprint density at radius 1 is 1.16 bits per heavy atom. The van der Waals surface area contributed by atoms with Crippen molar-refractivity contribution >= 4 is 0 Å². The number of fused-ring (bicyclic) bond motifs is 2. The quantitative estimate of drug-likeness (QED) is 0.520. The van der Waals surface area contributed by atoms with Gasteiger partial charge in [0, 0.05) is 0 Å². The molecule has 0 saturated heterocycles. The van der Waals surface area contributed by atoms with Crippen molar-refractivity contribution in [2.75, 3.05) is 0 Å². The predicted octanol–water partition coefficient (Wildman–Crippen LogP) is 6.99. The van der Waals surface area contributed by atoms with Crippen LogP contribution in [-0.2, 0) is 19.3 Å². The second-order valence-electron chi connectivity index (χ2n) is 8.18. The number of allylic oxidation sites excluding steroid dienone is 5. The van der Waals surface area contributed by atoms with E-state index in [1.165, 1.54) is 56.9 Å². The molecule has 1 saturated carbocycles. The van der Waals surface area contributed by atoms with Crippen LogP contribution in [0.3, 0.4) is 0 Å². The molecular weight excluding hydrogens is 300 g/mol. The summed E-state index contributed by atoms with van der Waals surface area (Å²) in [5, 5.41) is 0. The maximum Gasteiger partial charge on any atom is -0.00144 e. The molecule has 4 rings (SSSR count). The lowest BCUT2D eigenvalue weighted by molar-refractivity contribution is 0.347. The Morgan fingerprint density at radius 2 is 1.96 bits per heavy atom. The van der Waals surface area contributed by atoms with E-state index >= 15 is 0 Å². The zero-order valence-corrected chi connectivity index (χ0v) is 16.2. The minimum Gasteiger partial charge on any atom is -0.100 e. The van der Waals surface area contributed by atoms with Gasteiger partial charge in [0.15, 0.2) is 0 Å². The van der Waals surface area contributed by atoms with E-state index in [2.05, 4.69) is 49.9 Å². The summed E-state index contributed by atoms with van der Waals surface area (Å²) < 4.78 is 0. The number of benzene rings is 1. The van der Waals surface area contributed by atoms with Crippen molar-refractivity contribution in [1.29, 1.82) is 0 Å². The molecule has 3 aliphatic carbocycles. The highest BCUT2D eigenvalue weighted by Crippen LogP contribution is 2.39. The molecule has 0 N–H and O–H groups in total. The minimum absolute atomic E-state index is 0.786. The van der Waals surface area contributed by atoms with Crippen LogP contribution in [0.4, 0.5) is 0 Å². The summed E-state index contributed by atoms with van der Waals surface area (Å²) in [7, 11) is 0. The monoisotopic (exact) mass is 334 g/mol. The van der Waals surface area contributed by atoms with E-state index in [-0.39, 0.29) is 0 Å². The van der Waals surface area contributed by atoms with Crippen LogP contribution in [0.5, 0.6) is 0 Å². The Bertz CT molecular complexity index is 659. The molecule has 1 aromatic carbocycles. The summed E-state index contributed by atoms with van der Waals surface area (Å²) in [6.45, 7) is 7.80. The number of hydrogen-bond acceptors (Lipinski definition) is 0. The summed E-state index contributed by atoms with van der Waals surface area (Å²) >= 11 is 0. The fourth-order valence-electron chi connectivity index (χ4n) is 4.32. The number of rotatable bonds is 4. The van der Waals surface area contributed by atoms with Gasteiger partial charge < -0.3 is 0 Å². The second kappa shape index (κ2) is 8.70. The van der Waals surface area contributed by atoms with Crippen LogP contribution in [0.2, 0.25) is 0 Å². The van der Waals surface area contributed by atoms with Gasteiger partial charge in [-0.3, -0.25) is 0 Å². The van der Waals surface area contributed by atoms with Gasteiger partial charge >= 0.3 is 0 Å². The van der Waals surface area contributed by atoms with Crippen molar-refractivity contribution < 1.29 is 0 Å². The van der Waals surface area contributed by atoms with Crippen LogP contribution in [0, 0.1) is 11.8 Å². The Kier molecular flexibility index (Phi) is 6.34. The second-order valence-corrected chi connectivity index (χ2v) is 8.18. The SMILES string of the molecule is C1=CC2CC(CCc3ccc4c(c3)CCC4)CCC2=C1.C=C(C)CC. The van der Waals surface area contributed by atoms with E-state index in [1.807, 2.05) is 6.92 Å². The van der Waals surface area contributed by atoms with Gasteiger partial charge in [-0.2, -0.15) is 0 Å². The zero-order chi connectivity index (χ0) is 17.6. The molecule has 1 aromatic rings. The Hall–Kier alpha value is -1.56. The van der Waals surface area contributed by atoms with Gasteiger partial charge in [-0.05, 0) is 93.2 Å². The molecular formula is C25H34. The Labute approximate surface area is 154 Å². The van der Waals surface area contributed by atoms with E-state index in [0.29, 0.717) is 0 Å². The van der Waals surface area contributed by atoms with Crippen LogP contribution in [0.15, 0.2) is 54.2 Å². The largest absolute Gasteiger partial charge is 0.100 e. The first-order valence-corrected chi connectivity index (χ1v) is 10.3. The summed E-state index contributed by atoms with van der Waals surface area (Å²) in [4.78, 5) is 0. The third kappa shape index (κ3) is 4.97. The van der Waals surface area contributed by atoms with Crippen molar-refractivity contribution in [2.24, 2.45) is 11.8 Å². The molecule has 1 fully saturated rings. The van der Waals surface area contributed by atoms with Crippen LogP contribution in [0.1, 0.15) is 69.1 Å². The topological polar surface area (TPSA) is 0 Å². The molecule has 0 radical (unpaired) electrons. The zero-order valence-electron chi connectivity index (χ0n) is 16.2. The number of hydrogen-bond donors (Lipinski definition) is 0. The summed E-state index contributed by atoms with van der Waals surface area (Å²) in [6, 6.07) is 7.26. The van der Waals surface area contributed by atoms with Crippen molar-refractivity contribution in [3.63, 3.8) is 0 Å². The fourth-order valence-corrected chi connectivity index (χ4v) is 4.32. The molecule has 0 heteroatoms.